The molecule has 0 aliphatic rings. The number of rotatable bonds is 5. The number of carbonyl (C=O) groups is 2. The second-order valence-corrected chi connectivity index (χ2v) is 5.31. The standard InChI is InChI=1S/C15H22N4O2S/c1-4-16-15(22)19-18-14(21)8-7-13(20)17-12-9-10(2)5-6-11(12)3/h5-6,9H,4,7-8H2,1-3H3,(H,17,20)(H,18,21)(H2,16,19,22). The zero-order valence-electron chi connectivity index (χ0n) is 13.1. The molecule has 0 atom stereocenters. The maximum absolute atomic E-state index is 11.9. The highest BCUT2D eigenvalue weighted by Gasteiger charge is 2.08. The first-order valence-electron chi connectivity index (χ1n) is 7.12. The van der Waals surface area contributed by atoms with Crippen LogP contribution in [0.3, 0.4) is 0 Å². The molecule has 0 unspecified atom stereocenters. The summed E-state index contributed by atoms with van der Waals surface area (Å²) < 4.78 is 0. The van der Waals surface area contributed by atoms with E-state index in [1.165, 1.54) is 0 Å². The predicted molar refractivity (Wildman–Crippen MR) is 91.3 cm³/mol. The molecule has 2 amide bonds. The number of benzene rings is 1. The third-order valence-corrected chi connectivity index (χ3v) is 3.15. The smallest absolute Gasteiger partial charge is 0.238 e. The van der Waals surface area contributed by atoms with Crippen molar-refractivity contribution >= 4 is 34.8 Å². The molecule has 0 aliphatic heterocycles. The number of aryl methyl sites for hydroxylation is 2. The number of carbonyl (C=O) groups excluding carboxylic acids is 2. The quantitative estimate of drug-likeness (QED) is 0.488. The lowest BCUT2D eigenvalue weighted by Gasteiger charge is -2.11. The molecule has 120 valence electrons. The molecule has 0 spiro atoms. The van der Waals surface area contributed by atoms with E-state index in [-0.39, 0.29) is 24.7 Å². The van der Waals surface area contributed by atoms with Gasteiger partial charge in [0.15, 0.2) is 5.11 Å². The van der Waals surface area contributed by atoms with Crippen LogP contribution in [0.1, 0.15) is 30.9 Å². The number of amides is 2. The number of hydrogen-bond donors (Lipinski definition) is 4. The number of anilines is 1. The summed E-state index contributed by atoms with van der Waals surface area (Å²) in [5.41, 5.74) is 7.83. The monoisotopic (exact) mass is 322 g/mol. The van der Waals surface area contributed by atoms with E-state index in [1.54, 1.807) is 0 Å². The average molecular weight is 322 g/mol. The normalized spacial score (nSPS) is 9.77. The zero-order chi connectivity index (χ0) is 16.5. The molecule has 1 aromatic rings. The van der Waals surface area contributed by atoms with E-state index in [1.807, 2.05) is 39.0 Å². The Bertz CT molecular complexity index is 560. The Hall–Kier alpha value is -2.15. The summed E-state index contributed by atoms with van der Waals surface area (Å²) in [6.45, 7) is 6.45. The van der Waals surface area contributed by atoms with E-state index in [0.717, 1.165) is 16.8 Å². The van der Waals surface area contributed by atoms with E-state index in [9.17, 15) is 9.59 Å². The Morgan fingerprint density at radius 3 is 2.45 bits per heavy atom. The highest BCUT2D eigenvalue weighted by molar-refractivity contribution is 7.80. The summed E-state index contributed by atoms with van der Waals surface area (Å²) in [7, 11) is 0. The summed E-state index contributed by atoms with van der Waals surface area (Å²) in [6.07, 6.45) is 0.188. The molecular formula is C15H22N4O2S. The first kappa shape index (κ1) is 17.9. The van der Waals surface area contributed by atoms with Gasteiger partial charge in [0, 0.05) is 25.1 Å². The summed E-state index contributed by atoms with van der Waals surface area (Å²) in [5, 5.41) is 5.99. The molecule has 7 heteroatoms. The fourth-order valence-electron chi connectivity index (χ4n) is 1.70. The topological polar surface area (TPSA) is 82.3 Å². The van der Waals surface area contributed by atoms with Crippen LogP contribution < -0.4 is 21.5 Å². The first-order valence-corrected chi connectivity index (χ1v) is 7.53. The summed E-state index contributed by atoms with van der Waals surface area (Å²) >= 11 is 4.90. The van der Waals surface area contributed by atoms with Gasteiger partial charge in [-0.05, 0) is 50.2 Å². The molecule has 0 fully saturated rings. The summed E-state index contributed by atoms with van der Waals surface area (Å²) in [6, 6.07) is 5.84. The lowest BCUT2D eigenvalue weighted by molar-refractivity contribution is -0.124. The minimum Gasteiger partial charge on any atom is -0.362 e. The van der Waals surface area contributed by atoms with E-state index in [2.05, 4.69) is 21.5 Å². The molecule has 22 heavy (non-hydrogen) atoms. The number of nitrogens with one attached hydrogen (secondary N) is 4. The maximum atomic E-state index is 11.9. The lowest BCUT2D eigenvalue weighted by atomic mass is 10.1. The van der Waals surface area contributed by atoms with Gasteiger partial charge in [0.05, 0.1) is 0 Å². The zero-order valence-corrected chi connectivity index (χ0v) is 13.9. The molecule has 0 saturated heterocycles. The fourth-order valence-corrected chi connectivity index (χ4v) is 1.90. The Balaban J connectivity index is 2.35. The van der Waals surface area contributed by atoms with Crippen molar-refractivity contribution in [3.63, 3.8) is 0 Å². The van der Waals surface area contributed by atoms with Gasteiger partial charge in [-0.3, -0.25) is 20.4 Å². The minimum absolute atomic E-state index is 0.0818. The van der Waals surface area contributed by atoms with Crippen LogP contribution in [0.4, 0.5) is 5.69 Å². The van der Waals surface area contributed by atoms with Crippen LogP contribution in [0.2, 0.25) is 0 Å². The summed E-state index contributed by atoms with van der Waals surface area (Å²) in [4.78, 5) is 23.5. The van der Waals surface area contributed by atoms with Gasteiger partial charge < -0.3 is 10.6 Å². The maximum Gasteiger partial charge on any atom is 0.238 e. The molecule has 0 bridgehead atoms. The van der Waals surface area contributed by atoms with E-state index < -0.39 is 0 Å². The SMILES string of the molecule is CCNC(=S)NNC(=O)CCC(=O)Nc1cc(C)ccc1C. The third kappa shape index (κ3) is 6.53. The Kier molecular flexibility index (Phi) is 7.31. The van der Waals surface area contributed by atoms with Crippen molar-refractivity contribution < 1.29 is 9.59 Å². The second kappa shape index (κ2) is 8.99. The predicted octanol–water partition coefficient (Wildman–Crippen LogP) is 1.54. The van der Waals surface area contributed by atoms with Crippen LogP contribution in [0.5, 0.6) is 0 Å². The molecule has 0 aromatic heterocycles. The molecule has 0 heterocycles. The van der Waals surface area contributed by atoms with Gasteiger partial charge in [0.1, 0.15) is 0 Å². The highest BCUT2D eigenvalue weighted by atomic mass is 32.1. The number of hydrogen-bond acceptors (Lipinski definition) is 3. The Morgan fingerprint density at radius 2 is 1.77 bits per heavy atom. The average Bonchev–Trinajstić information content (AvgIpc) is 2.47. The Labute approximate surface area is 136 Å². The van der Waals surface area contributed by atoms with Crippen LogP contribution in [0.25, 0.3) is 0 Å². The first-order chi connectivity index (χ1) is 10.4. The van der Waals surface area contributed by atoms with Crippen molar-refractivity contribution in [3.8, 4) is 0 Å². The van der Waals surface area contributed by atoms with Crippen LogP contribution >= 0.6 is 12.2 Å². The highest BCUT2D eigenvalue weighted by Crippen LogP contribution is 2.16. The van der Waals surface area contributed by atoms with E-state index in [0.29, 0.717) is 11.7 Å². The minimum atomic E-state index is -0.295. The van der Waals surface area contributed by atoms with E-state index in [4.69, 9.17) is 12.2 Å². The lowest BCUT2D eigenvalue weighted by Crippen LogP contribution is -2.46. The van der Waals surface area contributed by atoms with Crippen molar-refractivity contribution in [2.45, 2.75) is 33.6 Å². The van der Waals surface area contributed by atoms with Gasteiger partial charge in [0.2, 0.25) is 11.8 Å². The van der Waals surface area contributed by atoms with Gasteiger partial charge in [-0.1, -0.05) is 12.1 Å². The van der Waals surface area contributed by atoms with Crippen LogP contribution in [-0.4, -0.2) is 23.5 Å². The second-order valence-electron chi connectivity index (χ2n) is 4.90. The molecule has 0 saturated carbocycles. The van der Waals surface area contributed by atoms with Crippen molar-refractivity contribution in [3.05, 3.63) is 29.3 Å². The summed E-state index contributed by atoms with van der Waals surface area (Å²) in [5.74, 6) is -0.491. The van der Waals surface area contributed by atoms with E-state index >= 15 is 0 Å². The number of thiocarbonyl (C=S) groups is 1. The van der Waals surface area contributed by atoms with Crippen LogP contribution in [-0.2, 0) is 9.59 Å². The van der Waals surface area contributed by atoms with Crippen molar-refractivity contribution in [2.75, 3.05) is 11.9 Å². The van der Waals surface area contributed by atoms with Crippen molar-refractivity contribution in [2.24, 2.45) is 0 Å². The van der Waals surface area contributed by atoms with Gasteiger partial charge in [-0.2, -0.15) is 0 Å². The molecule has 4 N–H and O–H groups in total. The van der Waals surface area contributed by atoms with Crippen LogP contribution in [0.15, 0.2) is 18.2 Å². The van der Waals surface area contributed by atoms with Crippen LogP contribution in [0, 0.1) is 13.8 Å². The molecule has 0 aliphatic carbocycles. The molecular weight excluding hydrogens is 300 g/mol. The van der Waals surface area contributed by atoms with Gasteiger partial charge in [0.25, 0.3) is 0 Å². The van der Waals surface area contributed by atoms with Crippen molar-refractivity contribution in [1.82, 2.24) is 16.2 Å². The Morgan fingerprint density at radius 1 is 1.09 bits per heavy atom. The molecule has 1 aromatic carbocycles. The fraction of sp³-hybridized carbons (Fsp3) is 0.400. The van der Waals surface area contributed by atoms with Gasteiger partial charge in [-0.15, -0.1) is 0 Å². The largest absolute Gasteiger partial charge is 0.362 e. The third-order valence-electron chi connectivity index (χ3n) is 2.90. The van der Waals surface area contributed by atoms with Gasteiger partial charge >= 0.3 is 0 Å². The van der Waals surface area contributed by atoms with Crippen molar-refractivity contribution in [1.29, 1.82) is 0 Å². The number of hydrazine groups is 1. The molecule has 0 radical (unpaired) electrons. The molecule has 6 nitrogen and oxygen atoms in total. The molecule has 1 rings (SSSR count). The van der Waals surface area contributed by atoms with Gasteiger partial charge in [-0.25, -0.2) is 0 Å².